The minimum Gasteiger partial charge on any atom is -0.472 e. The van der Waals surface area contributed by atoms with Gasteiger partial charge in [0.05, 0.1) is 12.5 Å². The average molecular weight is 312 g/mol. The van der Waals surface area contributed by atoms with Crippen LogP contribution in [0, 0.1) is 0 Å². The van der Waals surface area contributed by atoms with E-state index in [1.807, 2.05) is 12.3 Å². The highest BCUT2D eigenvalue weighted by atomic mass is 16.3. The number of nitrogens with two attached hydrogens (primary N) is 1. The van der Waals surface area contributed by atoms with Crippen LogP contribution in [0.15, 0.2) is 41.2 Å². The van der Waals surface area contributed by atoms with Crippen molar-refractivity contribution < 1.29 is 4.42 Å². The first kappa shape index (κ1) is 16.1. The van der Waals surface area contributed by atoms with Crippen molar-refractivity contribution in [3.05, 3.63) is 53.5 Å². The Labute approximate surface area is 139 Å². The average Bonchev–Trinajstić information content (AvgIpc) is 3.07. The Balaban J connectivity index is 1.40. The fraction of sp³-hybridized carbons (Fsp3) is 0.500. The number of aryl methyl sites for hydroxylation is 1. The molecule has 124 valence electrons. The number of fused-ring (bicyclic) bond motifs is 1. The summed E-state index contributed by atoms with van der Waals surface area (Å²) in [6.07, 6.45) is 12.1. The molecule has 1 atom stereocenters. The predicted octanol–water partition coefficient (Wildman–Crippen LogP) is 4.06. The second-order valence-corrected chi connectivity index (χ2v) is 6.80. The van der Waals surface area contributed by atoms with E-state index >= 15 is 0 Å². The van der Waals surface area contributed by atoms with Crippen molar-refractivity contribution in [1.82, 2.24) is 4.90 Å². The van der Waals surface area contributed by atoms with Crippen LogP contribution in [0.5, 0.6) is 0 Å². The lowest BCUT2D eigenvalue weighted by Gasteiger charge is -2.33. The monoisotopic (exact) mass is 312 g/mol. The molecule has 0 aliphatic heterocycles. The number of likely N-dealkylation sites (N-methyl/N-ethyl adjacent to an activating group) is 1. The van der Waals surface area contributed by atoms with Gasteiger partial charge < -0.3 is 15.1 Å². The minimum atomic E-state index is 0.665. The van der Waals surface area contributed by atoms with Gasteiger partial charge in [-0.25, -0.2) is 0 Å². The molecule has 3 nitrogen and oxygen atoms in total. The number of rotatable bonds is 7. The smallest absolute Gasteiger partial charge is 0.0934 e. The molecule has 2 aromatic rings. The standard InChI is InChI=1S/C20H28N2O/c1-22(12-4-2-3-6-16-11-13-23-15-16)18-9-10-19-17(14-18)7-5-8-20(19)21/h5,7-8,11,13,15,18H,2-4,6,9-10,12,14,21H2,1H3. The van der Waals surface area contributed by atoms with E-state index in [-0.39, 0.29) is 0 Å². The van der Waals surface area contributed by atoms with Crippen LogP contribution in [0.2, 0.25) is 0 Å². The van der Waals surface area contributed by atoms with Gasteiger partial charge >= 0.3 is 0 Å². The van der Waals surface area contributed by atoms with Gasteiger partial charge in [0, 0.05) is 11.7 Å². The Morgan fingerprint density at radius 2 is 2.13 bits per heavy atom. The van der Waals surface area contributed by atoms with Crippen LogP contribution in [0.1, 0.15) is 42.4 Å². The van der Waals surface area contributed by atoms with Crippen LogP contribution in [0.3, 0.4) is 0 Å². The zero-order valence-electron chi connectivity index (χ0n) is 14.1. The van der Waals surface area contributed by atoms with Crippen LogP contribution >= 0.6 is 0 Å². The third-order valence-corrected chi connectivity index (χ3v) is 5.17. The summed E-state index contributed by atoms with van der Waals surface area (Å²) in [6, 6.07) is 9.10. The Morgan fingerprint density at radius 1 is 1.22 bits per heavy atom. The number of nitrogen functional groups attached to an aromatic ring is 1. The summed E-state index contributed by atoms with van der Waals surface area (Å²) < 4.78 is 5.11. The number of benzene rings is 1. The number of hydrogen-bond acceptors (Lipinski definition) is 3. The SMILES string of the molecule is CN(CCCCCc1ccoc1)C1CCc2c(N)cccc2C1. The molecule has 2 N–H and O–H groups in total. The van der Waals surface area contributed by atoms with E-state index in [4.69, 9.17) is 10.2 Å². The molecule has 3 rings (SSSR count). The third-order valence-electron chi connectivity index (χ3n) is 5.17. The summed E-state index contributed by atoms with van der Waals surface area (Å²) in [5.74, 6) is 0. The highest BCUT2D eigenvalue weighted by molar-refractivity contribution is 5.52. The van der Waals surface area contributed by atoms with Crippen LogP contribution < -0.4 is 5.73 Å². The van der Waals surface area contributed by atoms with Crippen molar-refractivity contribution in [2.24, 2.45) is 0 Å². The minimum absolute atomic E-state index is 0.665. The molecular weight excluding hydrogens is 284 g/mol. The summed E-state index contributed by atoms with van der Waals surface area (Å²) in [4.78, 5) is 2.55. The molecule has 1 aromatic heterocycles. The Kier molecular flexibility index (Phi) is 5.39. The number of hydrogen-bond donors (Lipinski definition) is 1. The number of anilines is 1. The van der Waals surface area contributed by atoms with Crippen LogP contribution in [-0.2, 0) is 19.3 Å². The van der Waals surface area contributed by atoms with Crippen LogP contribution in [0.4, 0.5) is 5.69 Å². The lowest BCUT2D eigenvalue weighted by atomic mass is 9.86. The molecule has 3 heteroatoms. The first-order valence-corrected chi connectivity index (χ1v) is 8.81. The van der Waals surface area contributed by atoms with Crippen molar-refractivity contribution in [3.8, 4) is 0 Å². The highest BCUT2D eigenvalue weighted by Gasteiger charge is 2.22. The maximum absolute atomic E-state index is 6.10. The molecule has 0 spiro atoms. The van der Waals surface area contributed by atoms with Gasteiger partial charge in [-0.2, -0.15) is 0 Å². The largest absolute Gasteiger partial charge is 0.472 e. The Bertz CT molecular complexity index is 606. The quantitative estimate of drug-likeness (QED) is 0.619. The first-order chi connectivity index (χ1) is 11.2. The van der Waals surface area contributed by atoms with Crippen LogP contribution in [-0.4, -0.2) is 24.5 Å². The fourth-order valence-corrected chi connectivity index (χ4v) is 3.68. The third kappa shape index (κ3) is 4.17. The van der Waals surface area contributed by atoms with Crippen molar-refractivity contribution in [1.29, 1.82) is 0 Å². The molecule has 0 saturated heterocycles. The summed E-state index contributed by atoms with van der Waals surface area (Å²) in [5, 5.41) is 0. The van der Waals surface area contributed by atoms with Gasteiger partial charge in [0.2, 0.25) is 0 Å². The Morgan fingerprint density at radius 3 is 2.96 bits per heavy atom. The summed E-state index contributed by atoms with van der Waals surface area (Å²) >= 11 is 0. The Hall–Kier alpha value is -1.74. The topological polar surface area (TPSA) is 42.4 Å². The van der Waals surface area contributed by atoms with E-state index in [9.17, 15) is 0 Å². The second kappa shape index (κ2) is 7.69. The van der Waals surface area contributed by atoms with E-state index in [2.05, 4.69) is 30.1 Å². The molecule has 0 bridgehead atoms. The number of unbranched alkanes of at least 4 members (excludes halogenated alkanes) is 2. The lowest BCUT2D eigenvalue weighted by molar-refractivity contribution is 0.217. The molecule has 1 heterocycles. The maximum Gasteiger partial charge on any atom is 0.0934 e. The van der Waals surface area contributed by atoms with E-state index < -0.39 is 0 Å². The van der Waals surface area contributed by atoms with Crippen molar-refractivity contribution >= 4 is 5.69 Å². The fourth-order valence-electron chi connectivity index (χ4n) is 3.68. The molecule has 0 saturated carbocycles. The molecule has 0 fully saturated rings. The van der Waals surface area contributed by atoms with Gasteiger partial charge in [-0.1, -0.05) is 18.6 Å². The van der Waals surface area contributed by atoms with Crippen molar-refractivity contribution in [2.45, 2.75) is 51.0 Å². The summed E-state index contributed by atoms with van der Waals surface area (Å²) in [6.45, 7) is 1.19. The predicted molar refractivity (Wildman–Crippen MR) is 95.6 cm³/mol. The lowest BCUT2D eigenvalue weighted by Crippen LogP contribution is -2.37. The van der Waals surface area contributed by atoms with E-state index in [1.165, 1.54) is 48.9 Å². The van der Waals surface area contributed by atoms with E-state index in [0.717, 1.165) is 24.9 Å². The van der Waals surface area contributed by atoms with Gasteiger partial charge in [-0.15, -0.1) is 0 Å². The highest BCUT2D eigenvalue weighted by Crippen LogP contribution is 2.28. The van der Waals surface area contributed by atoms with Crippen LogP contribution in [0.25, 0.3) is 0 Å². The van der Waals surface area contributed by atoms with Gasteiger partial charge in [-0.3, -0.25) is 0 Å². The molecule has 23 heavy (non-hydrogen) atoms. The van der Waals surface area contributed by atoms with E-state index in [1.54, 1.807) is 6.26 Å². The summed E-state index contributed by atoms with van der Waals surface area (Å²) in [5.41, 5.74) is 11.2. The van der Waals surface area contributed by atoms with Crippen molar-refractivity contribution in [3.63, 3.8) is 0 Å². The zero-order chi connectivity index (χ0) is 16.1. The summed E-state index contributed by atoms with van der Waals surface area (Å²) in [7, 11) is 2.28. The number of nitrogens with zero attached hydrogens (tertiary/aromatic N) is 1. The first-order valence-electron chi connectivity index (χ1n) is 8.81. The molecular formula is C20H28N2O. The normalized spacial score (nSPS) is 17.4. The van der Waals surface area contributed by atoms with Crippen molar-refractivity contribution in [2.75, 3.05) is 19.3 Å². The second-order valence-electron chi connectivity index (χ2n) is 6.80. The van der Waals surface area contributed by atoms with Gasteiger partial charge in [0.15, 0.2) is 0 Å². The van der Waals surface area contributed by atoms with Gasteiger partial charge in [-0.05, 0) is 80.9 Å². The molecule has 1 aliphatic carbocycles. The molecule has 1 unspecified atom stereocenters. The molecule has 0 amide bonds. The molecule has 1 aliphatic rings. The van der Waals surface area contributed by atoms with Gasteiger partial charge in [0.25, 0.3) is 0 Å². The molecule has 0 radical (unpaired) electrons. The molecule has 1 aromatic carbocycles. The zero-order valence-corrected chi connectivity index (χ0v) is 14.1. The number of furan rings is 1. The van der Waals surface area contributed by atoms with Gasteiger partial charge in [0.1, 0.15) is 0 Å². The van der Waals surface area contributed by atoms with E-state index in [0.29, 0.717) is 6.04 Å². The maximum atomic E-state index is 6.10.